The third-order valence-corrected chi connectivity index (χ3v) is 8.01. The van der Waals surface area contributed by atoms with Gasteiger partial charge < -0.3 is 10.5 Å². The van der Waals surface area contributed by atoms with Crippen LogP contribution in [-0.2, 0) is 16.8 Å². The van der Waals surface area contributed by atoms with E-state index in [-0.39, 0.29) is 11.8 Å². The molecule has 190 valence electrons. The lowest BCUT2D eigenvalue weighted by atomic mass is 9.64. The normalized spacial score (nSPS) is 17.5. The van der Waals surface area contributed by atoms with Crippen LogP contribution in [0.2, 0.25) is 0 Å². The topological polar surface area (TPSA) is 61.1 Å². The van der Waals surface area contributed by atoms with E-state index in [0.717, 1.165) is 49.1 Å². The van der Waals surface area contributed by atoms with E-state index in [0.29, 0.717) is 12.6 Å². The van der Waals surface area contributed by atoms with Crippen molar-refractivity contribution in [2.75, 3.05) is 6.61 Å². The number of para-hydroxylation sites is 1. The van der Waals surface area contributed by atoms with Gasteiger partial charge in [-0.15, -0.1) is 0 Å². The average Bonchev–Trinajstić information content (AvgIpc) is 3.56. The van der Waals surface area contributed by atoms with Gasteiger partial charge in [-0.1, -0.05) is 78.9 Å². The van der Waals surface area contributed by atoms with Crippen molar-refractivity contribution in [3.63, 3.8) is 0 Å². The highest BCUT2D eigenvalue weighted by Crippen LogP contribution is 2.49. The van der Waals surface area contributed by atoms with E-state index in [4.69, 9.17) is 10.5 Å². The summed E-state index contributed by atoms with van der Waals surface area (Å²) in [5.41, 5.74) is 7.40. The zero-order valence-corrected chi connectivity index (χ0v) is 21.5. The first kappa shape index (κ1) is 24.8. The molecular formula is C32H36N3O2+. The van der Waals surface area contributed by atoms with Crippen molar-refractivity contribution in [2.45, 2.75) is 50.6 Å². The molecule has 0 spiro atoms. The molecule has 0 unspecified atom stereocenters. The van der Waals surface area contributed by atoms with Crippen LogP contribution in [0.3, 0.4) is 0 Å². The lowest BCUT2D eigenvalue weighted by Gasteiger charge is -2.37. The minimum Gasteiger partial charge on any atom is -0.493 e. The molecule has 5 heteroatoms. The van der Waals surface area contributed by atoms with Gasteiger partial charge >= 0.3 is 0 Å². The fraction of sp³-hybridized carbons (Fsp3) is 0.312. The highest BCUT2D eigenvalue weighted by Gasteiger charge is 2.51. The third-order valence-electron chi connectivity index (χ3n) is 8.01. The molecule has 3 aromatic carbocycles. The SMILES string of the molecule is Cc1n([C@H]2CC[C@@H](C(C(N)=O)(c3ccccc3)c3ccccc3)C2)cc[n+]1CCCOc1ccccc1. The molecule has 5 rings (SSSR count). The number of benzene rings is 3. The van der Waals surface area contributed by atoms with Crippen LogP contribution >= 0.6 is 0 Å². The molecule has 0 bridgehead atoms. The lowest BCUT2D eigenvalue weighted by Crippen LogP contribution is -2.47. The summed E-state index contributed by atoms with van der Waals surface area (Å²) in [5.74, 6) is 1.99. The maximum absolute atomic E-state index is 13.4. The number of carbonyl (C=O) groups is 1. The fourth-order valence-corrected chi connectivity index (χ4v) is 6.21. The van der Waals surface area contributed by atoms with Crippen LogP contribution in [0.5, 0.6) is 5.75 Å². The van der Waals surface area contributed by atoms with Gasteiger partial charge in [0.1, 0.15) is 29.6 Å². The first-order valence-corrected chi connectivity index (χ1v) is 13.3. The fourth-order valence-electron chi connectivity index (χ4n) is 6.21. The molecule has 1 amide bonds. The van der Waals surface area contributed by atoms with Gasteiger partial charge in [0.2, 0.25) is 5.91 Å². The van der Waals surface area contributed by atoms with E-state index in [9.17, 15) is 4.79 Å². The second kappa shape index (κ2) is 11.0. The molecule has 5 nitrogen and oxygen atoms in total. The number of nitrogens with zero attached hydrogens (tertiary/aromatic N) is 2. The maximum Gasteiger partial charge on any atom is 0.253 e. The Balaban J connectivity index is 1.33. The molecule has 1 fully saturated rings. The summed E-state index contributed by atoms with van der Waals surface area (Å²) in [6.45, 7) is 3.77. The Kier molecular flexibility index (Phi) is 7.40. The number of carbonyl (C=O) groups excluding carboxylic acids is 1. The van der Waals surface area contributed by atoms with E-state index in [1.165, 1.54) is 5.82 Å². The molecule has 4 aromatic rings. The van der Waals surface area contributed by atoms with E-state index in [1.807, 2.05) is 66.7 Å². The Morgan fingerprint density at radius 1 is 0.946 bits per heavy atom. The van der Waals surface area contributed by atoms with Crippen LogP contribution in [0.25, 0.3) is 0 Å². The summed E-state index contributed by atoms with van der Waals surface area (Å²) in [6, 6.07) is 30.5. The van der Waals surface area contributed by atoms with Crippen molar-refractivity contribution in [2.24, 2.45) is 11.7 Å². The van der Waals surface area contributed by atoms with E-state index >= 15 is 0 Å². The Morgan fingerprint density at radius 2 is 1.54 bits per heavy atom. The minimum atomic E-state index is -0.844. The highest BCUT2D eigenvalue weighted by atomic mass is 16.5. The Morgan fingerprint density at radius 3 is 2.14 bits per heavy atom. The Hall–Kier alpha value is -3.86. The van der Waals surface area contributed by atoms with Gasteiger partial charge in [0, 0.05) is 13.3 Å². The van der Waals surface area contributed by atoms with Crippen molar-refractivity contribution in [1.82, 2.24) is 4.57 Å². The zero-order valence-electron chi connectivity index (χ0n) is 21.5. The predicted octanol–water partition coefficient (Wildman–Crippen LogP) is 5.37. The van der Waals surface area contributed by atoms with Gasteiger partial charge in [-0.25, -0.2) is 9.13 Å². The number of primary amides is 1. The number of imidazole rings is 1. The van der Waals surface area contributed by atoms with Crippen LogP contribution in [0.15, 0.2) is 103 Å². The van der Waals surface area contributed by atoms with Crippen LogP contribution in [0.1, 0.15) is 48.7 Å². The molecule has 0 saturated heterocycles. The van der Waals surface area contributed by atoms with Crippen LogP contribution in [0, 0.1) is 12.8 Å². The molecule has 2 atom stereocenters. The molecular weight excluding hydrogens is 458 g/mol. The van der Waals surface area contributed by atoms with Crippen LogP contribution in [0.4, 0.5) is 0 Å². The minimum absolute atomic E-state index is 0.120. The van der Waals surface area contributed by atoms with E-state index in [2.05, 4.69) is 52.7 Å². The summed E-state index contributed by atoms with van der Waals surface area (Å²) >= 11 is 0. The van der Waals surface area contributed by atoms with Crippen molar-refractivity contribution < 1.29 is 14.1 Å². The largest absolute Gasteiger partial charge is 0.493 e. The highest BCUT2D eigenvalue weighted by molar-refractivity contribution is 5.91. The molecule has 1 aromatic heterocycles. The number of hydrogen-bond donors (Lipinski definition) is 1. The number of amides is 1. The van der Waals surface area contributed by atoms with Gasteiger partial charge in [-0.05, 0) is 48.4 Å². The quantitative estimate of drug-likeness (QED) is 0.238. The number of nitrogens with two attached hydrogens (primary N) is 1. The van der Waals surface area contributed by atoms with Crippen molar-refractivity contribution in [1.29, 1.82) is 0 Å². The molecule has 0 radical (unpaired) electrons. The second-order valence-electron chi connectivity index (χ2n) is 10.0. The van der Waals surface area contributed by atoms with Crippen molar-refractivity contribution >= 4 is 5.91 Å². The molecule has 0 aliphatic heterocycles. The summed E-state index contributed by atoms with van der Waals surface area (Å²) in [5, 5.41) is 0. The Bertz CT molecular complexity index is 1260. The lowest BCUT2D eigenvalue weighted by molar-refractivity contribution is -0.703. The van der Waals surface area contributed by atoms with Gasteiger partial charge in [0.25, 0.3) is 5.82 Å². The first-order valence-electron chi connectivity index (χ1n) is 13.3. The number of aromatic nitrogens is 2. The zero-order chi connectivity index (χ0) is 25.7. The summed E-state index contributed by atoms with van der Waals surface area (Å²) in [7, 11) is 0. The third kappa shape index (κ3) is 4.91. The van der Waals surface area contributed by atoms with Gasteiger partial charge in [0.05, 0.1) is 13.2 Å². The summed E-state index contributed by atoms with van der Waals surface area (Å²) in [4.78, 5) is 13.4. The monoisotopic (exact) mass is 494 g/mol. The molecule has 1 heterocycles. The van der Waals surface area contributed by atoms with Gasteiger partial charge in [-0.2, -0.15) is 0 Å². The summed E-state index contributed by atoms with van der Waals surface area (Å²) in [6.07, 6.45) is 8.16. The average molecular weight is 495 g/mol. The maximum atomic E-state index is 13.4. The number of ether oxygens (including phenoxy) is 1. The van der Waals surface area contributed by atoms with Crippen LogP contribution in [-0.4, -0.2) is 17.1 Å². The standard InChI is InChI=1S/C32H35N3O2/c1-25-34(20-11-23-37-30-16-9-4-10-17-30)21-22-35(25)29-19-18-28(24-29)32(31(33)36,26-12-5-2-6-13-26)27-14-7-3-8-15-27/h2-10,12-17,21-22,28-29H,11,18-20,23-24H2,1H3,(H-,33,36)/p+1/t28-,29+/m1/s1. The van der Waals surface area contributed by atoms with E-state index in [1.54, 1.807) is 0 Å². The molecule has 1 aliphatic rings. The molecule has 1 saturated carbocycles. The molecule has 2 N–H and O–H groups in total. The number of hydrogen-bond acceptors (Lipinski definition) is 2. The molecule has 1 aliphatic carbocycles. The second-order valence-corrected chi connectivity index (χ2v) is 10.0. The van der Waals surface area contributed by atoms with Crippen molar-refractivity contribution in [3.8, 4) is 5.75 Å². The first-order chi connectivity index (χ1) is 18.1. The van der Waals surface area contributed by atoms with Gasteiger partial charge in [0.15, 0.2) is 0 Å². The van der Waals surface area contributed by atoms with Crippen molar-refractivity contribution in [3.05, 3.63) is 120 Å². The van der Waals surface area contributed by atoms with Crippen LogP contribution < -0.4 is 15.0 Å². The number of aryl methyl sites for hydroxylation is 1. The van der Waals surface area contributed by atoms with E-state index < -0.39 is 5.41 Å². The predicted molar refractivity (Wildman–Crippen MR) is 145 cm³/mol. The number of rotatable bonds is 10. The smallest absolute Gasteiger partial charge is 0.253 e. The van der Waals surface area contributed by atoms with Gasteiger partial charge in [-0.3, -0.25) is 4.79 Å². The Labute approximate surface area is 219 Å². The summed E-state index contributed by atoms with van der Waals surface area (Å²) < 4.78 is 10.6. The molecule has 37 heavy (non-hydrogen) atoms.